The number of amides is 2. The van der Waals surface area contributed by atoms with Gasteiger partial charge in [-0.25, -0.2) is 4.79 Å². The fourth-order valence-corrected chi connectivity index (χ4v) is 7.81. The Morgan fingerprint density at radius 3 is 2.42 bits per heavy atom. The van der Waals surface area contributed by atoms with E-state index >= 15 is 0 Å². The van der Waals surface area contributed by atoms with Crippen molar-refractivity contribution in [3.05, 3.63) is 100.0 Å². The summed E-state index contributed by atoms with van der Waals surface area (Å²) in [5.41, 5.74) is 4.26. The van der Waals surface area contributed by atoms with Crippen molar-refractivity contribution < 1.29 is 37.3 Å². The van der Waals surface area contributed by atoms with Gasteiger partial charge in [-0.15, -0.1) is 0 Å². The van der Waals surface area contributed by atoms with Crippen molar-refractivity contribution in [2.75, 3.05) is 31.5 Å². The molecule has 3 aromatic carbocycles. The molecular formula is C38H42F3N5O6. The number of aliphatic hydroxyl groups is 1. The van der Waals surface area contributed by atoms with Gasteiger partial charge in [0.2, 0.25) is 5.91 Å². The molecule has 0 aliphatic carbocycles. The SMILES string of the molecule is C[C@H]1[C@@H](CN2CCC(n3c(=O)[nH]c4ccccc43)CC2)O[C@@H](c2cccc(NC(=O)[C@@H]3CCCN3C(=O)C(F)(F)F)c2)O[C@H]1c1ccc(CO)cc1. The Balaban J connectivity index is 1.08. The quantitative estimate of drug-likeness (QED) is 0.221. The van der Waals surface area contributed by atoms with Crippen LogP contribution in [0.25, 0.3) is 11.0 Å². The van der Waals surface area contributed by atoms with Crippen LogP contribution in [0.5, 0.6) is 0 Å². The van der Waals surface area contributed by atoms with Gasteiger partial charge in [0.15, 0.2) is 6.29 Å². The number of piperidine rings is 1. The highest BCUT2D eigenvalue weighted by molar-refractivity contribution is 5.98. The Morgan fingerprint density at radius 2 is 1.69 bits per heavy atom. The molecule has 1 aromatic heterocycles. The number of benzene rings is 3. The zero-order valence-corrected chi connectivity index (χ0v) is 28.7. The number of ether oxygens (including phenoxy) is 2. The van der Waals surface area contributed by atoms with E-state index in [-0.39, 0.29) is 49.4 Å². The number of aromatic amines is 1. The number of alkyl halides is 3. The summed E-state index contributed by atoms with van der Waals surface area (Å²) in [6, 6.07) is 20.9. The summed E-state index contributed by atoms with van der Waals surface area (Å²) in [6.45, 7) is 4.00. The maximum Gasteiger partial charge on any atom is 0.471 e. The predicted octanol–water partition coefficient (Wildman–Crippen LogP) is 5.44. The molecule has 52 heavy (non-hydrogen) atoms. The monoisotopic (exact) mass is 721 g/mol. The zero-order chi connectivity index (χ0) is 36.6. The van der Waals surface area contributed by atoms with Crippen molar-refractivity contribution in [2.45, 2.75) is 76.0 Å². The largest absolute Gasteiger partial charge is 0.471 e. The standard InChI is InChI=1S/C38H42F3N5O6/c1-23-32(21-44-18-15-28(16-19-44)46-30-9-3-2-8-29(30)43-37(46)50)51-35(52-33(23)25-13-11-24(22-47)12-14-25)26-6-4-7-27(20-26)42-34(48)31-10-5-17-45(31)36(49)38(39,40)41/h2-4,6-9,11-14,20,23,28,31-33,35,47H,5,10,15-19,21-22H2,1H3,(H,42,48)(H,43,50)/t23-,31-,32+,33+,35+/m0/s1. The number of fused-ring (bicyclic) bond motifs is 1. The third-order valence-corrected chi connectivity index (χ3v) is 10.6. The Morgan fingerprint density at radius 1 is 0.942 bits per heavy atom. The molecule has 276 valence electrons. The molecule has 11 nitrogen and oxygen atoms in total. The van der Waals surface area contributed by atoms with Crippen LogP contribution in [0.4, 0.5) is 18.9 Å². The van der Waals surface area contributed by atoms with Crippen LogP contribution >= 0.6 is 0 Å². The van der Waals surface area contributed by atoms with Gasteiger partial charge in [-0.3, -0.25) is 14.2 Å². The number of halogens is 3. The minimum absolute atomic E-state index is 0.0688. The van der Waals surface area contributed by atoms with Crippen molar-refractivity contribution >= 4 is 28.5 Å². The van der Waals surface area contributed by atoms with Crippen LogP contribution in [-0.2, 0) is 25.7 Å². The Hall–Kier alpha value is -4.50. The van der Waals surface area contributed by atoms with Gasteiger partial charge in [0.05, 0.1) is 29.8 Å². The fraction of sp³-hybridized carbons (Fsp3) is 0.447. The van der Waals surface area contributed by atoms with Gasteiger partial charge in [0.25, 0.3) is 0 Å². The number of H-pyrrole nitrogens is 1. The number of hydrogen-bond acceptors (Lipinski definition) is 7. The van der Waals surface area contributed by atoms with Crippen LogP contribution in [0.2, 0.25) is 0 Å². The number of imidazole rings is 1. The topological polar surface area (TPSA) is 129 Å². The lowest BCUT2D eigenvalue weighted by Gasteiger charge is -2.44. The van der Waals surface area contributed by atoms with Crippen molar-refractivity contribution in [3.63, 3.8) is 0 Å². The van der Waals surface area contributed by atoms with Crippen LogP contribution in [-0.4, -0.2) is 80.8 Å². The van der Waals surface area contributed by atoms with Gasteiger partial charge in [0, 0.05) is 49.4 Å². The number of aliphatic hydroxyl groups excluding tert-OH is 1. The summed E-state index contributed by atoms with van der Waals surface area (Å²) in [5, 5.41) is 12.3. The van der Waals surface area contributed by atoms with Gasteiger partial charge in [-0.1, -0.05) is 55.5 Å². The van der Waals surface area contributed by atoms with E-state index in [2.05, 4.69) is 22.1 Å². The average molecular weight is 722 g/mol. The molecule has 3 aliphatic rings. The molecule has 0 spiro atoms. The maximum atomic E-state index is 13.2. The molecule has 3 saturated heterocycles. The lowest BCUT2D eigenvalue weighted by atomic mass is 9.89. The number of anilines is 1. The number of hydrogen-bond donors (Lipinski definition) is 3. The van der Waals surface area contributed by atoms with Gasteiger partial charge in [-0.05, 0) is 61.1 Å². The summed E-state index contributed by atoms with van der Waals surface area (Å²) in [7, 11) is 0. The first kappa shape index (κ1) is 35.9. The second kappa shape index (κ2) is 14.9. The van der Waals surface area contributed by atoms with Gasteiger partial charge >= 0.3 is 17.8 Å². The minimum atomic E-state index is -5.06. The molecule has 4 aromatic rings. The first-order valence-electron chi connectivity index (χ1n) is 17.7. The van der Waals surface area contributed by atoms with Gasteiger partial charge < -0.3 is 34.7 Å². The molecule has 2 amide bonds. The van der Waals surface area contributed by atoms with E-state index in [9.17, 15) is 32.7 Å². The zero-order valence-electron chi connectivity index (χ0n) is 28.7. The third kappa shape index (κ3) is 7.38. The Bertz CT molecular complexity index is 1950. The van der Waals surface area contributed by atoms with Crippen molar-refractivity contribution in [3.8, 4) is 0 Å². The molecule has 5 atom stereocenters. The third-order valence-electron chi connectivity index (χ3n) is 10.6. The number of aromatic nitrogens is 2. The smallest absolute Gasteiger partial charge is 0.392 e. The molecule has 4 heterocycles. The van der Waals surface area contributed by atoms with Crippen LogP contribution in [0.15, 0.2) is 77.6 Å². The second-order valence-electron chi connectivity index (χ2n) is 13.9. The molecule has 0 unspecified atom stereocenters. The number of para-hydroxylation sites is 2. The number of carbonyl (C=O) groups excluding carboxylic acids is 2. The van der Waals surface area contributed by atoms with Crippen LogP contribution in [0, 0.1) is 5.92 Å². The van der Waals surface area contributed by atoms with Gasteiger partial charge in [-0.2, -0.15) is 13.2 Å². The first-order valence-corrected chi connectivity index (χ1v) is 17.7. The van der Waals surface area contributed by atoms with E-state index in [4.69, 9.17) is 9.47 Å². The highest BCUT2D eigenvalue weighted by Gasteiger charge is 2.48. The van der Waals surface area contributed by atoms with E-state index < -0.39 is 30.3 Å². The minimum Gasteiger partial charge on any atom is -0.392 e. The normalized spacial score (nSPS) is 24.7. The van der Waals surface area contributed by atoms with Crippen molar-refractivity contribution in [1.29, 1.82) is 0 Å². The Kier molecular flexibility index (Phi) is 10.3. The lowest BCUT2D eigenvalue weighted by Crippen LogP contribution is -2.48. The molecule has 3 aliphatic heterocycles. The average Bonchev–Trinajstić information content (AvgIpc) is 3.77. The van der Waals surface area contributed by atoms with Crippen LogP contribution < -0.4 is 11.0 Å². The predicted molar refractivity (Wildman–Crippen MR) is 186 cm³/mol. The van der Waals surface area contributed by atoms with E-state index in [0.717, 1.165) is 48.1 Å². The van der Waals surface area contributed by atoms with Gasteiger partial charge in [0.1, 0.15) is 6.04 Å². The highest BCUT2D eigenvalue weighted by atomic mass is 19.4. The summed E-state index contributed by atoms with van der Waals surface area (Å²) < 4.78 is 54.7. The van der Waals surface area contributed by atoms with E-state index in [1.165, 1.54) is 0 Å². The summed E-state index contributed by atoms with van der Waals surface area (Å²) in [6.07, 6.45) is -4.53. The fourth-order valence-electron chi connectivity index (χ4n) is 7.81. The molecule has 0 saturated carbocycles. The highest BCUT2D eigenvalue weighted by Crippen LogP contribution is 2.42. The number of rotatable bonds is 8. The second-order valence-corrected chi connectivity index (χ2v) is 13.9. The molecular weight excluding hydrogens is 679 g/mol. The van der Waals surface area contributed by atoms with E-state index in [0.29, 0.717) is 29.1 Å². The van der Waals surface area contributed by atoms with Crippen molar-refractivity contribution in [2.24, 2.45) is 5.92 Å². The number of nitrogens with one attached hydrogen (secondary N) is 2. The summed E-state index contributed by atoms with van der Waals surface area (Å²) >= 11 is 0. The number of carbonyl (C=O) groups is 2. The maximum absolute atomic E-state index is 13.2. The number of likely N-dealkylation sites (tertiary alicyclic amines) is 2. The molecule has 0 radical (unpaired) electrons. The Labute approximate surface area is 298 Å². The summed E-state index contributed by atoms with van der Waals surface area (Å²) in [5.74, 6) is -2.78. The molecule has 0 bridgehead atoms. The molecule has 3 fully saturated rings. The van der Waals surface area contributed by atoms with Crippen LogP contribution in [0.3, 0.4) is 0 Å². The molecule has 7 rings (SSSR count). The number of nitrogens with zero attached hydrogens (tertiary/aromatic N) is 3. The molecule has 3 N–H and O–H groups in total. The van der Waals surface area contributed by atoms with E-state index in [1.807, 2.05) is 53.1 Å². The first-order chi connectivity index (χ1) is 25.0. The summed E-state index contributed by atoms with van der Waals surface area (Å²) in [4.78, 5) is 43.9. The molecule has 14 heteroatoms. The van der Waals surface area contributed by atoms with E-state index in [1.54, 1.807) is 24.3 Å². The lowest BCUT2D eigenvalue weighted by molar-refractivity contribution is -0.276. The van der Waals surface area contributed by atoms with Crippen LogP contribution in [0.1, 0.15) is 67.7 Å². The van der Waals surface area contributed by atoms with Crippen molar-refractivity contribution in [1.82, 2.24) is 19.4 Å².